The van der Waals surface area contributed by atoms with Crippen LogP contribution in [0.15, 0.2) is 18.2 Å². The van der Waals surface area contributed by atoms with Gasteiger partial charge in [0.05, 0.1) is 18.0 Å². The number of rotatable bonds is 4. The van der Waals surface area contributed by atoms with Crippen LogP contribution in [-0.2, 0) is 4.74 Å². The molecule has 0 bridgehead atoms. The number of methoxy groups -OCH3 is 1. The lowest BCUT2D eigenvalue weighted by molar-refractivity contribution is 0.190. The third kappa shape index (κ3) is 3.09. The van der Waals surface area contributed by atoms with Crippen LogP contribution in [-0.4, -0.2) is 19.8 Å². The molecule has 1 aromatic carbocycles. The lowest BCUT2D eigenvalue weighted by Crippen LogP contribution is -2.21. The van der Waals surface area contributed by atoms with Gasteiger partial charge in [0.15, 0.2) is 0 Å². The minimum atomic E-state index is 0.209. The van der Waals surface area contributed by atoms with Crippen LogP contribution < -0.4 is 11.1 Å². The van der Waals surface area contributed by atoms with Crippen LogP contribution in [0.5, 0.6) is 0 Å². The fourth-order valence-corrected chi connectivity index (χ4v) is 1.38. The maximum atomic E-state index is 5.85. The number of anilines is 2. The highest BCUT2D eigenvalue weighted by molar-refractivity contribution is 6.31. The first-order valence-electron chi connectivity index (χ1n) is 4.44. The summed E-state index contributed by atoms with van der Waals surface area (Å²) in [5, 5.41) is 3.89. The van der Waals surface area contributed by atoms with Crippen LogP contribution >= 0.6 is 11.6 Å². The van der Waals surface area contributed by atoms with Crippen molar-refractivity contribution in [2.24, 2.45) is 0 Å². The van der Waals surface area contributed by atoms with E-state index in [1.165, 1.54) is 0 Å². The summed E-state index contributed by atoms with van der Waals surface area (Å²) in [5.74, 6) is 0. The molecule has 14 heavy (non-hydrogen) atoms. The molecule has 0 saturated carbocycles. The zero-order valence-corrected chi connectivity index (χ0v) is 9.14. The van der Waals surface area contributed by atoms with E-state index in [1.54, 1.807) is 19.2 Å². The van der Waals surface area contributed by atoms with Crippen molar-refractivity contribution in [1.29, 1.82) is 0 Å². The van der Waals surface area contributed by atoms with Crippen molar-refractivity contribution in [3.8, 4) is 0 Å². The standard InChI is InChI=1S/C10H15ClN2O/c1-7(6-14-2)13-10-5-8(11)3-4-9(10)12/h3-5,7,13H,6,12H2,1-2H3. The van der Waals surface area contributed by atoms with E-state index in [1.807, 2.05) is 13.0 Å². The molecule has 0 amide bonds. The van der Waals surface area contributed by atoms with Crippen molar-refractivity contribution in [2.75, 3.05) is 24.8 Å². The summed E-state index contributed by atoms with van der Waals surface area (Å²) in [5.41, 5.74) is 7.31. The molecule has 0 saturated heterocycles. The Morgan fingerprint density at radius 1 is 1.57 bits per heavy atom. The molecule has 0 heterocycles. The summed E-state index contributed by atoms with van der Waals surface area (Å²) in [6.45, 7) is 2.65. The van der Waals surface area contributed by atoms with Gasteiger partial charge in [-0.15, -0.1) is 0 Å². The number of nitrogens with two attached hydrogens (primary N) is 1. The van der Waals surface area contributed by atoms with Gasteiger partial charge in [-0.1, -0.05) is 11.6 Å². The fourth-order valence-electron chi connectivity index (χ4n) is 1.21. The van der Waals surface area contributed by atoms with Crippen LogP contribution in [0.1, 0.15) is 6.92 Å². The molecule has 1 atom stereocenters. The van der Waals surface area contributed by atoms with E-state index < -0.39 is 0 Å². The predicted molar refractivity (Wildman–Crippen MR) is 60.8 cm³/mol. The highest BCUT2D eigenvalue weighted by atomic mass is 35.5. The Morgan fingerprint density at radius 2 is 2.29 bits per heavy atom. The van der Waals surface area contributed by atoms with Gasteiger partial charge in [-0.25, -0.2) is 0 Å². The molecule has 0 aromatic heterocycles. The second-order valence-corrected chi connectivity index (χ2v) is 3.67. The zero-order valence-electron chi connectivity index (χ0n) is 8.38. The van der Waals surface area contributed by atoms with Crippen molar-refractivity contribution in [2.45, 2.75) is 13.0 Å². The second kappa shape index (κ2) is 5.08. The van der Waals surface area contributed by atoms with Crippen LogP contribution in [0.2, 0.25) is 5.02 Å². The van der Waals surface area contributed by atoms with E-state index in [2.05, 4.69) is 5.32 Å². The number of halogens is 1. The van der Waals surface area contributed by atoms with Crippen LogP contribution in [0.4, 0.5) is 11.4 Å². The van der Waals surface area contributed by atoms with E-state index in [4.69, 9.17) is 22.1 Å². The molecule has 1 unspecified atom stereocenters. The monoisotopic (exact) mass is 214 g/mol. The van der Waals surface area contributed by atoms with Gasteiger partial charge in [-0.05, 0) is 25.1 Å². The lowest BCUT2D eigenvalue weighted by atomic mass is 10.2. The molecule has 0 aliphatic carbocycles. The first-order chi connectivity index (χ1) is 6.63. The maximum absolute atomic E-state index is 5.85. The van der Waals surface area contributed by atoms with Gasteiger partial charge >= 0.3 is 0 Å². The fraction of sp³-hybridized carbons (Fsp3) is 0.400. The third-order valence-electron chi connectivity index (χ3n) is 1.83. The summed E-state index contributed by atoms with van der Waals surface area (Å²) in [6.07, 6.45) is 0. The first-order valence-corrected chi connectivity index (χ1v) is 4.81. The van der Waals surface area contributed by atoms with E-state index in [-0.39, 0.29) is 6.04 Å². The Morgan fingerprint density at radius 3 is 2.93 bits per heavy atom. The lowest BCUT2D eigenvalue weighted by Gasteiger charge is -2.15. The largest absolute Gasteiger partial charge is 0.397 e. The number of benzene rings is 1. The highest BCUT2D eigenvalue weighted by Gasteiger charge is 2.04. The van der Waals surface area contributed by atoms with Crippen molar-refractivity contribution in [3.05, 3.63) is 23.2 Å². The van der Waals surface area contributed by atoms with E-state index in [9.17, 15) is 0 Å². The Balaban J connectivity index is 2.70. The molecule has 3 nitrogen and oxygen atoms in total. The molecule has 1 aromatic rings. The number of nitrogens with one attached hydrogen (secondary N) is 1. The zero-order chi connectivity index (χ0) is 10.6. The Kier molecular flexibility index (Phi) is 4.04. The Labute approximate surface area is 89.2 Å². The number of hydrogen-bond acceptors (Lipinski definition) is 3. The van der Waals surface area contributed by atoms with Gasteiger partial charge in [0.1, 0.15) is 0 Å². The normalized spacial score (nSPS) is 12.5. The Hall–Kier alpha value is -0.930. The molecular formula is C10H15ClN2O. The second-order valence-electron chi connectivity index (χ2n) is 3.23. The van der Waals surface area contributed by atoms with E-state index in [0.717, 1.165) is 5.69 Å². The molecule has 0 radical (unpaired) electrons. The molecule has 0 fully saturated rings. The van der Waals surface area contributed by atoms with Crippen LogP contribution in [0.25, 0.3) is 0 Å². The summed E-state index contributed by atoms with van der Waals surface area (Å²) >= 11 is 5.85. The van der Waals surface area contributed by atoms with Gasteiger partial charge in [0, 0.05) is 18.2 Å². The first kappa shape index (κ1) is 11.1. The number of ether oxygens (including phenoxy) is 1. The third-order valence-corrected chi connectivity index (χ3v) is 2.07. The highest BCUT2D eigenvalue weighted by Crippen LogP contribution is 2.23. The molecule has 78 valence electrons. The molecule has 1 rings (SSSR count). The van der Waals surface area contributed by atoms with Gasteiger partial charge in [0.25, 0.3) is 0 Å². The van der Waals surface area contributed by atoms with Gasteiger partial charge in [-0.2, -0.15) is 0 Å². The quantitative estimate of drug-likeness (QED) is 0.757. The number of nitrogen functional groups attached to an aromatic ring is 1. The summed E-state index contributed by atoms with van der Waals surface area (Å²) in [4.78, 5) is 0. The summed E-state index contributed by atoms with van der Waals surface area (Å²) < 4.78 is 5.01. The van der Waals surface area contributed by atoms with E-state index >= 15 is 0 Å². The summed E-state index contributed by atoms with van der Waals surface area (Å²) in [7, 11) is 1.67. The number of hydrogen-bond donors (Lipinski definition) is 2. The smallest absolute Gasteiger partial charge is 0.0661 e. The summed E-state index contributed by atoms with van der Waals surface area (Å²) in [6, 6.07) is 5.57. The average molecular weight is 215 g/mol. The van der Waals surface area contributed by atoms with Crippen LogP contribution in [0.3, 0.4) is 0 Å². The molecule has 0 spiro atoms. The minimum Gasteiger partial charge on any atom is -0.397 e. The maximum Gasteiger partial charge on any atom is 0.0661 e. The van der Waals surface area contributed by atoms with E-state index in [0.29, 0.717) is 17.3 Å². The van der Waals surface area contributed by atoms with Gasteiger partial charge in [0.2, 0.25) is 0 Å². The van der Waals surface area contributed by atoms with Crippen molar-refractivity contribution < 1.29 is 4.74 Å². The Bertz CT molecular complexity index is 304. The molecular weight excluding hydrogens is 200 g/mol. The van der Waals surface area contributed by atoms with Crippen molar-refractivity contribution in [1.82, 2.24) is 0 Å². The average Bonchev–Trinajstić information content (AvgIpc) is 2.12. The van der Waals surface area contributed by atoms with Gasteiger partial charge < -0.3 is 15.8 Å². The predicted octanol–water partition coefficient (Wildman–Crippen LogP) is 2.37. The molecule has 0 aliphatic rings. The molecule has 3 N–H and O–H groups in total. The van der Waals surface area contributed by atoms with Crippen molar-refractivity contribution >= 4 is 23.0 Å². The SMILES string of the molecule is COCC(C)Nc1cc(Cl)ccc1N. The van der Waals surface area contributed by atoms with Crippen molar-refractivity contribution in [3.63, 3.8) is 0 Å². The molecule has 0 aliphatic heterocycles. The minimum absolute atomic E-state index is 0.209. The van der Waals surface area contributed by atoms with Crippen LogP contribution in [0, 0.1) is 0 Å². The topological polar surface area (TPSA) is 47.3 Å². The van der Waals surface area contributed by atoms with Gasteiger partial charge in [-0.3, -0.25) is 0 Å². The molecule has 4 heteroatoms.